The van der Waals surface area contributed by atoms with Gasteiger partial charge in [0, 0.05) is 6.42 Å². The van der Waals surface area contributed by atoms with E-state index in [0.717, 1.165) is 11.1 Å². The summed E-state index contributed by atoms with van der Waals surface area (Å²) in [5.74, 6) is 1.01. The van der Waals surface area contributed by atoms with Gasteiger partial charge in [0.05, 0.1) is 11.5 Å². The summed E-state index contributed by atoms with van der Waals surface area (Å²) in [6, 6.07) is 0. The lowest BCUT2D eigenvalue weighted by Crippen LogP contribution is -2.53. The monoisotopic (exact) mass is 406 g/mol. The van der Waals surface area contributed by atoms with Gasteiger partial charge >= 0.3 is 0 Å². The lowest BCUT2D eigenvalue weighted by Gasteiger charge is -2.46. The van der Waals surface area contributed by atoms with Gasteiger partial charge < -0.3 is 14.6 Å². The van der Waals surface area contributed by atoms with E-state index in [0.29, 0.717) is 36.5 Å². The summed E-state index contributed by atoms with van der Waals surface area (Å²) < 4.78 is 12.3. The number of hydrogen-bond donors (Lipinski definition) is 1. The van der Waals surface area contributed by atoms with Gasteiger partial charge in [0.25, 0.3) is 0 Å². The van der Waals surface area contributed by atoms with Crippen molar-refractivity contribution >= 4 is 5.78 Å². The third-order valence-electron chi connectivity index (χ3n) is 6.72. The van der Waals surface area contributed by atoms with Crippen LogP contribution in [0.15, 0.2) is 82.9 Å². The molecule has 2 aliphatic carbocycles. The quantitative estimate of drug-likeness (QED) is 0.584. The molecule has 5 rings (SSSR count). The number of fused-ring (bicyclic) bond motifs is 5. The Morgan fingerprint density at radius 1 is 1.20 bits per heavy atom. The lowest BCUT2D eigenvalue weighted by molar-refractivity contribution is -0.139. The SMILES string of the molecule is C=C1OC23CC(C)C(C)=CC2(C)/C=C(C)/C=C/CC(O)/C=C2C=C/C(=C\1C3=O)OC/2. The number of allylic oxidation sites excluding steroid dienone is 5. The van der Waals surface area contributed by atoms with Crippen molar-refractivity contribution in [3.8, 4) is 0 Å². The first-order valence-corrected chi connectivity index (χ1v) is 10.6. The van der Waals surface area contributed by atoms with Gasteiger partial charge in [0.15, 0.2) is 5.60 Å². The minimum atomic E-state index is -1.05. The van der Waals surface area contributed by atoms with Gasteiger partial charge in [-0.25, -0.2) is 0 Å². The Labute approximate surface area is 178 Å². The maximum absolute atomic E-state index is 13.9. The molecular weight excluding hydrogens is 376 g/mol. The molecule has 1 saturated heterocycles. The second kappa shape index (κ2) is 7.28. The van der Waals surface area contributed by atoms with E-state index in [1.165, 1.54) is 5.57 Å². The van der Waals surface area contributed by atoms with Crippen molar-refractivity contribution in [2.75, 3.05) is 6.61 Å². The van der Waals surface area contributed by atoms with Crippen LogP contribution in [0.5, 0.6) is 0 Å². The van der Waals surface area contributed by atoms with E-state index in [1.54, 1.807) is 12.2 Å². The zero-order valence-corrected chi connectivity index (χ0v) is 18.2. The minimum absolute atomic E-state index is 0.0689. The zero-order valence-electron chi connectivity index (χ0n) is 18.2. The number of ether oxygens (including phenoxy) is 2. The molecule has 158 valence electrons. The molecule has 4 heteroatoms. The summed E-state index contributed by atoms with van der Waals surface area (Å²) in [4.78, 5) is 13.9. The van der Waals surface area contributed by atoms with E-state index >= 15 is 0 Å². The molecule has 3 aliphatic heterocycles. The molecule has 3 heterocycles. The molecule has 4 nitrogen and oxygen atoms in total. The topological polar surface area (TPSA) is 55.8 Å². The van der Waals surface area contributed by atoms with Gasteiger partial charge in [-0.3, -0.25) is 4.79 Å². The molecule has 4 bridgehead atoms. The van der Waals surface area contributed by atoms with E-state index in [1.807, 2.05) is 25.2 Å². The largest absolute Gasteiger partial charge is 0.488 e. The molecular formula is C26H30O4. The molecule has 0 radical (unpaired) electrons. The molecule has 0 aromatic carbocycles. The van der Waals surface area contributed by atoms with Gasteiger partial charge in [-0.1, -0.05) is 55.0 Å². The zero-order chi connectivity index (χ0) is 21.7. The van der Waals surface area contributed by atoms with Crippen LogP contribution >= 0.6 is 0 Å². The molecule has 30 heavy (non-hydrogen) atoms. The van der Waals surface area contributed by atoms with Crippen LogP contribution in [0.2, 0.25) is 0 Å². The van der Waals surface area contributed by atoms with E-state index < -0.39 is 17.1 Å². The second-order valence-electron chi connectivity index (χ2n) is 9.15. The predicted octanol–water partition coefficient (Wildman–Crippen LogP) is 4.86. The van der Waals surface area contributed by atoms with Crippen molar-refractivity contribution in [3.63, 3.8) is 0 Å². The van der Waals surface area contributed by atoms with Crippen molar-refractivity contribution in [1.29, 1.82) is 0 Å². The number of Topliss-reactive ketones (excluding diaryl/α,β-unsaturated/α-hetero) is 1. The van der Waals surface area contributed by atoms with Gasteiger partial charge in [-0.15, -0.1) is 0 Å². The second-order valence-corrected chi connectivity index (χ2v) is 9.15. The average molecular weight is 407 g/mol. The van der Waals surface area contributed by atoms with Crippen LogP contribution in [-0.4, -0.2) is 29.2 Å². The Bertz CT molecular complexity index is 987. The summed E-state index contributed by atoms with van der Waals surface area (Å²) >= 11 is 0. The number of hydrogen-bond acceptors (Lipinski definition) is 4. The molecule has 4 atom stereocenters. The number of aliphatic hydroxyl groups is 1. The number of ketones is 1. The Morgan fingerprint density at radius 3 is 2.67 bits per heavy atom. The van der Waals surface area contributed by atoms with E-state index in [9.17, 15) is 9.90 Å². The van der Waals surface area contributed by atoms with Crippen molar-refractivity contribution in [3.05, 3.63) is 82.9 Å². The highest BCUT2D eigenvalue weighted by Crippen LogP contribution is 2.55. The molecule has 0 saturated carbocycles. The fourth-order valence-corrected chi connectivity index (χ4v) is 5.01. The van der Waals surface area contributed by atoms with E-state index in [-0.39, 0.29) is 11.7 Å². The Balaban J connectivity index is 1.95. The van der Waals surface area contributed by atoms with Crippen molar-refractivity contribution in [2.24, 2.45) is 11.3 Å². The van der Waals surface area contributed by atoms with Crippen molar-refractivity contribution in [2.45, 2.75) is 52.2 Å². The first-order chi connectivity index (χ1) is 14.1. The van der Waals surface area contributed by atoms with Crippen LogP contribution in [0.25, 0.3) is 0 Å². The Hall–Kier alpha value is -2.59. The molecule has 0 aromatic heterocycles. The normalized spacial score (nSPS) is 43.2. The Morgan fingerprint density at radius 2 is 1.97 bits per heavy atom. The smallest absolute Gasteiger partial charge is 0.215 e. The third kappa shape index (κ3) is 3.24. The summed E-state index contributed by atoms with van der Waals surface area (Å²) in [6.07, 6.45) is 14.2. The van der Waals surface area contributed by atoms with Crippen LogP contribution in [0, 0.1) is 11.3 Å². The maximum atomic E-state index is 13.9. The highest BCUT2D eigenvalue weighted by atomic mass is 16.5. The molecule has 4 unspecified atom stereocenters. The summed E-state index contributed by atoms with van der Waals surface area (Å²) in [5.41, 5.74) is 1.88. The number of rotatable bonds is 0. The summed E-state index contributed by atoms with van der Waals surface area (Å²) in [6.45, 7) is 12.7. The molecule has 5 aliphatic rings. The van der Waals surface area contributed by atoms with Crippen molar-refractivity contribution < 1.29 is 19.4 Å². The Kier molecular flexibility index (Phi) is 5.01. The van der Waals surface area contributed by atoms with Crippen molar-refractivity contribution in [1.82, 2.24) is 0 Å². The van der Waals surface area contributed by atoms with E-state index in [2.05, 4.69) is 39.5 Å². The number of carbonyl (C=O) groups excluding carboxylic acids is 1. The van der Waals surface area contributed by atoms with Crippen LogP contribution in [-0.2, 0) is 14.3 Å². The highest BCUT2D eigenvalue weighted by molar-refractivity contribution is 6.09. The van der Waals surface area contributed by atoms with E-state index in [4.69, 9.17) is 9.47 Å². The predicted molar refractivity (Wildman–Crippen MR) is 117 cm³/mol. The van der Waals surface area contributed by atoms with Crippen LogP contribution in [0.3, 0.4) is 0 Å². The third-order valence-corrected chi connectivity index (χ3v) is 6.72. The summed E-state index contributed by atoms with van der Waals surface area (Å²) in [5, 5.41) is 10.3. The fraction of sp³-hybridized carbons (Fsp3) is 0.423. The average Bonchev–Trinajstić information content (AvgIpc) is 2.91. The highest BCUT2D eigenvalue weighted by Gasteiger charge is 2.62. The molecule has 1 N–H and O–H groups in total. The first kappa shape index (κ1) is 20.7. The number of aliphatic hydroxyl groups excluding tert-OH is 1. The molecule has 0 aromatic rings. The maximum Gasteiger partial charge on any atom is 0.215 e. The standard InChI is InChI=1S/C26H30O4/c1-16-7-6-8-21(27)11-20-9-10-22(29-15-20)23-19(4)30-26(24(23)28)14-18(3)17(2)13-25(26,5)12-16/h6-7,9-13,18,21,27H,4,8,14-15H2,1-3,5H3/b7-6+,16-12+,20-11-,23-22-. The lowest BCUT2D eigenvalue weighted by atomic mass is 9.61. The van der Waals surface area contributed by atoms with Gasteiger partial charge in [0.1, 0.15) is 23.7 Å². The fourth-order valence-electron chi connectivity index (χ4n) is 5.01. The van der Waals surface area contributed by atoms with Gasteiger partial charge in [-0.05, 0) is 50.8 Å². The van der Waals surface area contributed by atoms with Crippen LogP contribution < -0.4 is 0 Å². The number of carbonyl (C=O) groups is 1. The van der Waals surface area contributed by atoms with Gasteiger partial charge in [0.2, 0.25) is 5.78 Å². The summed E-state index contributed by atoms with van der Waals surface area (Å²) in [7, 11) is 0. The van der Waals surface area contributed by atoms with Crippen LogP contribution in [0.4, 0.5) is 0 Å². The minimum Gasteiger partial charge on any atom is -0.488 e. The molecule has 1 spiro atoms. The van der Waals surface area contributed by atoms with Crippen LogP contribution in [0.1, 0.15) is 40.5 Å². The molecule has 1 fully saturated rings. The molecule has 0 amide bonds. The first-order valence-electron chi connectivity index (χ1n) is 10.6. The van der Waals surface area contributed by atoms with Gasteiger partial charge in [-0.2, -0.15) is 0 Å².